The molecule has 4 aromatic rings. The molecule has 0 aliphatic heterocycles. The van der Waals surface area contributed by atoms with Crippen LogP contribution in [-0.2, 0) is 5.41 Å². The average Bonchev–Trinajstić information content (AvgIpc) is 2.98. The van der Waals surface area contributed by atoms with Crippen LogP contribution in [0, 0.1) is 13.8 Å². The molecule has 1 atom stereocenters. The molecule has 0 saturated heterocycles. The minimum absolute atomic E-state index is 0.131. The number of hydrogen-bond acceptors (Lipinski definition) is 4. The molecule has 0 N–H and O–H groups in total. The van der Waals surface area contributed by atoms with Gasteiger partial charge in [-0.25, -0.2) is 9.59 Å². The minimum atomic E-state index is -0.358. The van der Waals surface area contributed by atoms with Gasteiger partial charge in [0, 0.05) is 11.5 Å². The van der Waals surface area contributed by atoms with Gasteiger partial charge in [-0.05, 0) is 95.8 Å². The molecule has 0 spiro atoms. The number of aryl methyl sites for hydroxylation is 2. The van der Waals surface area contributed by atoms with E-state index in [-0.39, 0.29) is 29.2 Å². The van der Waals surface area contributed by atoms with E-state index in [0.717, 1.165) is 41.5 Å². The van der Waals surface area contributed by atoms with Crippen molar-refractivity contribution in [3.05, 3.63) is 129 Å². The third-order valence-corrected chi connectivity index (χ3v) is 8.22. The largest absolute Gasteiger partial charge is 0.423 e. The molecule has 0 fully saturated rings. The zero-order valence-electron chi connectivity index (χ0n) is 27.5. The van der Waals surface area contributed by atoms with Crippen molar-refractivity contribution < 1.29 is 19.1 Å². The van der Waals surface area contributed by atoms with E-state index < -0.39 is 0 Å². The summed E-state index contributed by atoms with van der Waals surface area (Å²) < 4.78 is 12.0. The molecule has 0 bridgehead atoms. The highest BCUT2D eigenvalue weighted by Crippen LogP contribution is 2.42. The summed E-state index contributed by atoms with van der Waals surface area (Å²) in [7, 11) is 0. The second kappa shape index (κ2) is 14.1. The van der Waals surface area contributed by atoms with Crippen molar-refractivity contribution in [3.63, 3.8) is 0 Å². The maximum Gasteiger partial charge on any atom is 0.343 e. The third kappa shape index (κ3) is 7.66. The molecule has 4 nitrogen and oxygen atoms in total. The van der Waals surface area contributed by atoms with Gasteiger partial charge in [-0.3, -0.25) is 0 Å². The zero-order chi connectivity index (χ0) is 32.0. The maximum absolute atomic E-state index is 13.1. The Balaban J connectivity index is 1.80. The highest BCUT2D eigenvalue weighted by atomic mass is 16.5. The van der Waals surface area contributed by atoms with Gasteiger partial charge in [0.15, 0.2) is 0 Å². The van der Waals surface area contributed by atoms with Crippen molar-refractivity contribution in [1.82, 2.24) is 0 Å². The van der Waals surface area contributed by atoms with Crippen LogP contribution >= 0.6 is 0 Å². The van der Waals surface area contributed by atoms with Gasteiger partial charge in [0.05, 0.1) is 11.1 Å². The quantitative estimate of drug-likeness (QED) is 0.136. The summed E-state index contributed by atoms with van der Waals surface area (Å²) in [4.78, 5) is 26.1. The zero-order valence-corrected chi connectivity index (χ0v) is 27.5. The van der Waals surface area contributed by atoms with E-state index in [4.69, 9.17) is 9.47 Å². The number of esters is 2. The van der Waals surface area contributed by atoms with E-state index in [0.29, 0.717) is 22.6 Å². The van der Waals surface area contributed by atoms with Crippen molar-refractivity contribution in [2.24, 2.45) is 0 Å². The van der Waals surface area contributed by atoms with Gasteiger partial charge in [0.2, 0.25) is 0 Å². The van der Waals surface area contributed by atoms with Crippen LogP contribution in [0.25, 0.3) is 0 Å². The summed E-state index contributed by atoms with van der Waals surface area (Å²) in [5.74, 6) is 0.790. The Hall–Kier alpha value is -4.18. The molecule has 230 valence electrons. The maximum atomic E-state index is 13.1. The average molecular weight is 591 g/mol. The number of hydrogen-bond donors (Lipinski definition) is 0. The first-order valence-corrected chi connectivity index (χ1v) is 15.7. The van der Waals surface area contributed by atoms with E-state index in [9.17, 15) is 9.59 Å². The number of rotatable bonds is 10. The Morgan fingerprint density at radius 2 is 1.16 bits per heavy atom. The Kier molecular flexibility index (Phi) is 10.5. The molecular weight excluding hydrogens is 544 g/mol. The normalized spacial score (nSPS) is 12.2. The highest BCUT2D eigenvalue weighted by molar-refractivity contribution is 5.91. The van der Waals surface area contributed by atoms with Crippen LogP contribution in [-0.4, -0.2) is 11.9 Å². The Morgan fingerprint density at radius 3 is 1.64 bits per heavy atom. The van der Waals surface area contributed by atoms with Crippen molar-refractivity contribution in [1.29, 1.82) is 0 Å². The van der Waals surface area contributed by atoms with Crippen LogP contribution in [0.2, 0.25) is 0 Å². The van der Waals surface area contributed by atoms with Crippen LogP contribution in [0.1, 0.15) is 127 Å². The molecule has 1 unspecified atom stereocenters. The summed E-state index contributed by atoms with van der Waals surface area (Å²) in [5.41, 5.74) is 7.45. The molecule has 0 aromatic heterocycles. The van der Waals surface area contributed by atoms with Crippen LogP contribution < -0.4 is 9.47 Å². The van der Waals surface area contributed by atoms with Gasteiger partial charge in [-0.1, -0.05) is 103 Å². The van der Waals surface area contributed by atoms with Crippen molar-refractivity contribution in [3.8, 4) is 11.5 Å². The van der Waals surface area contributed by atoms with Gasteiger partial charge in [-0.2, -0.15) is 0 Å². The van der Waals surface area contributed by atoms with Crippen LogP contribution in [0.4, 0.5) is 0 Å². The standard InChI is InChI=1S/C40H46O4/c1-9-10-21-31(33-24-32(26(2)3)36(22-27(33)4)43-38(41)29-17-13-11-14-18-29)34-25-35(40(6,7)8)37(23-28(34)5)44-39(42)30-19-15-12-16-20-30/h11-20,22-26,31H,9-10,21H2,1-8H3. The third-order valence-electron chi connectivity index (χ3n) is 8.22. The lowest BCUT2D eigenvalue weighted by atomic mass is 9.77. The summed E-state index contributed by atoms with van der Waals surface area (Å²) >= 11 is 0. The molecule has 0 aliphatic carbocycles. The van der Waals surface area contributed by atoms with Crippen molar-refractivity contribution >= 4 is 11.9 Å². The first-order valence-electron chi connectivity index (χ1n) is 15.7. The van der Waals surface area contributed by atoms with Crippen LogP contribution in [0.15, 0.2) is 84.9 Å². The second-order valence-corrected chi connectivity index (χ2v) is 13.1. The van der Waals surface area contributed by atoms with E-state index in [1.165, 1.54) is 11.1 Å². The van der Waals surface area contributed by atoms with Gasteiger partial charge >= 0.3 is 11.9 Å². The number of carbonyl (C=O) groups is 2. The van der Waals surface area contributed by atoms with E-state index >= 15 is 0 Å². The molecule has 4 aromatic carbocycles. The van der Waals surface area contributed by atoms with E-state index in [1.807, 2.05) is 48.5 Å². The lowest BCUT2D eigenvalue weighted by Crippen LogP contribution is -2.18. The topological polar surface area (TPSA) is 52.6 Å². The molecule has 0 aliphatic rings. The minimum Gasteiger partial charge on any atom is -0.423 e. The van der Waals surface area contributed by atoms with Gasteiger partial charge in [-0.15, -0.1) is 0 Å². The Labute approximate surface area is 263 Å². The molecule has 4 rings (SSSR count). The predicted molar refractivity (Wildman–Crippen MR) is 179 cm³/mol. The molecule has 4 heteroatoms. The van der Waals surface area contributed by atoms with Crippen LogP contribution in [0.5, 0.6) is 11.5 Å². The fourth-order valence-corrected chi connectivity index (χ4v) is 5.73. The van der Waals surface area contributed by atoms with Crippen LogP contribution in [0.3, 0.4) is 0 Å². The van der Waals surface area contributed by atoms with Crippen molar-refractivity contribution in [2.75, 3.05) is 0 Å². The van der Waals surface area contributed by atoms with E-state index in [2.05, 4.69) is 67.5 Å². The number of unbranched alkanes of at least 4 members (excludes halogenated alkanes) is 1. The smallest absolute Gasteiger partial charge is 0.343 e. The fraction of sp³-hybridized carbons (Fsp3) is 0.350. The van der Waals surface area contributed by atoms with E-state index in [1.54, 1.807) is 24.3 Å². The first kappa shape index (κ1) is 32.7. The molecule has 0 radical (unpaired) electrons. The molecular formula is C40H46O4. The van der Waals surface area contributed by atoms with Gasteiger partial charge < -0.3 is 9.47 Å². The number of ether oxygens (including phenoxy) is 2. The van der Waals surface area contributed by atoms with Crippen molar-refractivity contribution in [2.45, 2.75) is 91.9 Å². The lowest BCUT2D eigenvalue weighted by Gasteiger charge is -2.29. The molecule has 0 amide bonds. The summed E-state index contributed by atoms with van der Waals surface area (Å²) in [6.07, 6.45) is 3.13. The second-order valence-electron chi connectivity index (χ2n) is 13.1. The molecule has 44 heavy (non-hydrogen) atoms. The lowest BCUT2D eigenvalue weighted by molar-refractivity contribution is 0.0722. The Morgan fingerprint density at radius 1 is 0.682 bits per heavy atom. The number of benzene rings is 4. The summed E-state index contributed by atoms with van der Waals surface area (Å²) in [6.45, 7) is 17.2. The van der Waals surface area contributed by atoms with Gasteiger partial charge in [0.1, 0.15) is 11.5 Å². The highest BCUT2D eigenvalue weighted by Gasteiger charge is 2.27. The molecule has 0 heterocycles. The first-order chi connectivity index (χ1) is 20.9. The predicted octanol–water partition coefficient (Wildman–Crippen LogP) is 10.5. The monoisotopic (exact) mass is 590 g/mol. The van der Waals surface area contributed by atoms with Gasteiger partial charge in [0.25, 0.3) is 0 Å². The SMILES string of the molecule is CCCCC(c1cc(C(C)C)c(OC(=O)c2ccccc2)cc1C)c1cc(C(C)(C)C)c(OC(=O)c2ccccc2)cc1C. The Bertz CT molecular complexity index is 1590. The fourth-order valence-electron chi connectivity index (χ4n) is 5.73. The molecule has 0 saturated carbocycles. The summed E-state index contributed by atoms with van der Waals surface area (Å²) in [6, 6.07) is 26.8. The number of carbonyl (C=O) groups excluding carboxylic acids is 2. The summed E-state index contributed by atoms with van der Waals surface area (Å²) in [5, 5.41) is 0.